The van der Waals surface area contributed by atoms with Crippen LogP contribution in [0.25, 0.3) is 0 Å². The number of nitrogens with two attached hydrogens (primary N) is 1. The van der Waals surface area contributed by atoms with E-state index in [2.05, 4.69) is 5.32 Å². The molecule has 1 aromatic carbocycles. The number of methoxy groups -OCH3 is 1. The summed E-state index contributed by atoms with van der Waals surface area (Å²) in [7, 11) is 1.57. The first-order valence-electron chi connectivity index (χ1n) is 6.67. The van der Waals surface area contributed by atoms with Crippen molar-refractivity contribution in [2.75, 3.05) is 13.7 Å². The molecule has 3 N–H and O–H groups in total. The molecule has 0 bridgehead atoms. The first-order chi connectivity index (χ1) is 9.00. The highest BCUT2D eigenvalue weighted by atomic mass is 16.5. The number of carbonyl (C=O) groups excluding carboxylic acids is 1. The van der Waals surface area contributed by atoms with Crippen LogP contribution in [0.4, 0.5) is 0 Å². The van der Waals surface area contributed by atoms with Crippen molar-refractivity contribution < 1.29 is 9.53 Å². The molecule has 19 heavy (non-hydrogen) atoms. The first kappa shape index (κ1) is 13.9. The predicted molar refractivity (Wildman–Crippen MR) is 75.4 cm³/mol. The fourth-order valence-corrected chi connectivity index (χ4v) is 2.37. The Morgan fingerprint density at radius 1 is 1.53 bits per heavy atom. The molecule has 104 valence electrons. The van der Waals surface area contributed by atoms with Crippen LogP contribution in [0.5, 0.6) is 5.75 Å². The third kappa shape index (κ3) is 2.89. The van der Waals surface area contributed by atoms with Crippen LogP contribution in [-0.2, 0) is 0 Å². The maximum absolute atomic E-state index is 12.4. The average Bonchev–Trinajstić information content (AvgIpc) is 3.23. The Labute approximate surface area is 114 Å². The van der Waals surface area contributed by atoms with Crippen molar-refractivity contribution in [3.63, 3.8) is 0 Å². The number of rotatable bonds is 5. The molecule has 0 aliphatic heterocycles. The highest BCUT2D eigenvalue weighted by molar-refractivity contribution is 5.97. The Hall–Kier alpha value is -1.55. The highest BCUT2D eigenvalue weighted by Crippen LogP contribution is 2.39. The number of benzene rings is 1. The molecule has 2 rings (SSSR count). The lowest BCUT2D eigenvalue weighted by atomic mass is 9.95. The van der Waals surface area contributed by atoms with E-state index in [0.29, 0.717) is 23.8 Å². The Balaban J connectivity index is 2.21. The lowest BCUT2D eigenvalue weighted by molar-refractivity contribution is 0.0894. The molecular weight excluding hydrogens is 240 g/mol. The maximum atomic E-state index is 12.4. The zero-order chi connectivity index (χ0) is 14.0. The molecule has 4 nitrogen and oxygen atoms in total. The van der Waals surface area contributed by atoms with E-state index in [-0.39, 0.29) is 11.4 Å². The van der Waals surface area contributed by atoms with E-state index in [1.807, 2.05) is 32.0 Å². The summed E-state index contributed by atoms with van der Waals surface area (Å²) >= 11 is 0. The molecule has 0 saturated heterocycles. The Morgan fingerprint density at radius 3 is 2.74 bits per heavy atom. The van der Waals surface area contributed by atoms with Gasteiger partial charge in [0.05, 0.1) is 18.2 Å². The lowest BCUT2D eigenvalue weighted by Crippen LogP contribution is -2.53. The predicted octanol–water partition coefficient (Wildman–Crippen LogP) is 1.86. The van der Waals surface area contributed by atoms with Gasteiger partial charge >= 0.3 is 0 Å². The molecular formula is C15H22N2O2. The van der Waals surface area contributed by atoms with Crippen molar-refractivity contribution in [1.29, 1.82) is 0 Å². The minimum absolute atomic E-state index is 0.111. The van der Waals surface area contributed by atoms with Crippen molar-refractivity contribution in [2.24, 2.45) is 11.7 Å². The van der Waals surface area contributed by atoms with Crippen molar-refractivity contribution in [1.82, 2.24) is 5.32 Å². The molecule has 1 atom stereocenters. The summed E-state index contributed by atoms with van der Waals surface area (Å²) < 4.78 is 5.25. The third-order valence-electron chi connectivity index (χ3n) is 3.90. The lowest BCUT2D eigenvalue weighted by Gasteiger charge is -2.29. The maximum Gasteiger partial charge on any atom is 0.255 e. The van der Waals surface area contributed by atoms with Crippen LogP contribution in [-0.4, -0.2) is 25.1 Å². The van der Waals surface area contributed by atoms with E-state index in [4.69, 9.17) is 10.5 Å². The Kier molecular flexibility index (Phi) is 3.80. The minimum Gasteiger partial charge on any atom is -0.496 e. The van der Waals surface area contributed by atoms with Crippen molar-refractivity contribution >= 4 is 5.91 Å². The van der Waals surface area contributed by atoms with Gasteiger partial charge in [-0.2, -0.15) is 0 Å². The van der Waals surface area contributed by atoms with Gasteiger partial charge in [0.25, 0.3) is 5.91 Å². The van der Waals surface area contributed by atoms with E-state index in [0.717, 1.165) is 18.4 Å². The van der Waals surface area contributed by atoms with Gasteiger partial charge in [-0.1, -0.05) is 11.6 Å². The monoisotopic (exact) mass is 262 g/mol. The number of amides is 1. The molecule has 1 unspecified atom stereocenters. The number of hydrogen-bond acceptors (Lipinski definition) is 3. The molecule has 0 spiro atoms. The van der Waals surface area contributed by atoms with Crippen molar-refractivity contribution in [3.8, 4) is 5.75 Å². The van der Waals surface area contributed by atoms with Gasteiger partial charge < -0.3 is 15.8 Å². The molecule has 1 amide bonds. The van der Waals surface area contributed by atoms with Crippen LogP contribution >= 0.6 is 0 Å². The van der Waals surface area contributed by atoms with Gasteiger partial charge in [-0.25, -0.2) is 0 Å². The Bertz CT molecular complexity index is 483. The second-order valence-corrected chi connectivity index (χ2v) is 5.55. The molecule has 1 aliphatic carbocycles. The third-order valence-corrected chi connectivity index (χ3v) is 3.90. The number of nitrogens with one attached hydrogen (secondary N) is 1. The summed E-state index contributed by atoms with van der Waals surface area (Å²) in [5, 5.41) is 3.08. The molecule has 1 fully saturated rings. The topological polar surface area (TPSA) is 64.3 Å². The number of hydrogen-bond donors (Lipinski definition) is 2. The molecule has 1 saturated carbocycles. The summed E-state index contributed by atoms with van der Waals surface area (Å²) in [5.41, 5.74) is 7.12. The van der Waals surface area contributed by atoms with Gasteiger partial charge in [0, 0.05) is 6.54 Å². The van der Waals surface area contributed by atoms with Gasteiger partial charge in [0.15, 0.2) is 0 Å². The fraction of sp³-hybridized carbons (Fsp3) is 0.533. The molecule has 0 radical (unpaired) electrons. The highest BCUT2D eigenvalue weighted by Gasteiger charge is 2.41. The van der Waals surface area contributed by atoms with E-state index >= 15 is 0 Å². The van der Waals surface area contributed by atoms with Gasteiger partial charge in [0.1, 0.15) is 5.75 Å². The number of carbonyl (C=O) groups is 1. The van der Waals surface area contributed by atoms with Gasteiger partial charge in [-0.05, 0) is 44.7 Å². The second-order valence-electron chi connectivity index (χ2n) is 5.55. The normalized spacial score (nSPS) is 17.7. The molecule has 0 heterocycles. The standard InChI is InChI=1S/C15H22N2O2/c1-10-4-7-13(19-3)12(8-10)14(18)17-15(2,9-16)11-5-6-11/h4,7-8,11H,5-6,9,16H2,1-3H3,(H,17,18). The van der Waals surface area contributed by atoms with Crippen LogP contribution in [0, 0.1) is 12.8 Å². The second kappa shape index (κ2) is 5.21. The summed E-state index contributed by atoms with van der Waals surface area (Å²) in [5.74, 6) is 0.982. The van der Waals surface area contributed by atoms with Crippen LogP contribution in [0.3, 0.4) is 0 Å². The molecule has 0 aromatic heterocycles. The fourth-order valence-electron chi connectivity index (χ4n) is 2.37. The summed E-state index contributed by atoms with van der Waals surface area (Å²) in [4.78, 5) is 12.4. The number of aryl methyl sites for hydroxylation is 1. The van der Waals surface area contributed by atoms with Gasteiger partial charge in [0.2, 0.25) is 0 Å². The van der Waals surface area contributed by atoms with Crippen LogP contribution in [0.15, 0.2) is 18.2 Å². The van der Waals surface area contributed by atoms with Gasteiger partial charge in [-0.15, -0.1) is 0 Å². The molecule has 1 aliphatic rings. The Morgan fingerprint density at radius 2 is 2.21 bits per heavy atom. The number of ether oxygens (including phenoxy) is 1. The van der Waals surface area contributed by atoms with Crippen LogP contribution in [0.1, 0.15) is 35.7 Å². The van der Waals surface area contributed by atoms with E-state index in [9.17, 15) is 4.79 Å². The van der Waals surface area contributed by atoms with Crippen molar-refractivity contribution in [3.05, 3.63) is 29.3 Å². The molecule has 1 aromatic rings. The SMILES string of the molecule is COc1ccc(C)cc1C(=O)NC(C)(CN)C1CC1. The summed E-state index contributed by atoms with van der Waals surface area (Å²) in [6.45, 7) is 4.43. The average molecular weight is 262 g/mol. The van der Waals surface area contributed by atoms with Crippen LogP contribution < -0.4 is 15.8 Å². The van der Waals surface area contributed by atoms with Crippen LogP contribution in [0.2, 0.25) is 0 Å². The van der Waals surface area contributed by atoms with E-state index < -0.39 is 0 Å². The quantitative estimate of drug-likeness (QED) is 0.851. The van der Waals surface area contributed by atoms with E-state index in [1.165, 1.54) is 0 Å². The zero-order valence-corrected chi connectivity index (χ0v) is 11.8. The zero-order valence-electron chi connectivity index (χ0n) is 11.8. The smallest absolute Gasteiger partial charge is 0.255 e. The largest absolute Gasteiger partial charge is 0.496 e. The first-order valence-corrected chi connectivity index (χ1v) is 6.67. The van der Waals surface area contributed by atoms with Gasteiger partial charge in [-0.3, -0.25) is 4.79 Å². The van der Waals surface area contributed by atoms with Crippen molar-refractivity contribution in [2.45, 2.75) is 32.2 Å². The summed E-state index contributed by atoms with van der Waals surface area (Å²) in [6.07, 6.45) is 2.28. The molecule has 4 heteroatoms. The summed E-state index contributed by atoms with van der Waals surface area (Å²) in [6, 6.07) is 5.60. The van der Waals surface area contributed by atoms with E-state index in [1.54, 1.807) is 7.11 Å². The minimum atomic E-state index is -0.314.